The van der Waals surface area contributed by atoms with Crippen molar-refractivity contribution in [3.63, 3.8) is 0 Å². The fourth-order valence-corrected chi connectivity index (χ4v) is 5.56. The van der Waals surface area contributed by atoms with Gasteiger partial charge < -0.3 is 14.3 Å². The number of hydrogen-bond donors (Lipinski definition) is 1. The number of aliphatic hydroxyl groups excluding tert-OH is 1. The molecule has 3 nitrogen and oxygen atoms in total. The van der Waals surface area contributed by atoms with Crippen LogP contribution in [-0.4, -0.2) is 37.3 Å². The van der Waals surface area contributed by atoms with E-state index in [-0.39, 0.29) is 22.3 Å². The van der Waals surface area contributed by atoms with E-state index >= 15 is 0 Å². The van der Waals surface area contributed by atoms with E-state index in [2.05, 4.69) is 52.9 Å². The van der Waals surface area contributed by atoms with E-state index in [4.69, 9.17) is 9.16 Å². The molecule has 3 aliphatic rings. The summed E-state index contributed by atoms with van der Waals surface area (Å²) in [6.07, 6.45) is 7.95. The predicted octanol–water partition coefficient (Wildman–Crippen LogP) is 4.27. The first-order valence-corrected chi connectivity index (χ1v) is 12.1. The van der Waals surface area contributed by atoms with Crippen LogP contribution in [0.1, 0.15) is 53.4 Å². The van der Waals surface area contributed by atoms with Crippen molar-refractivity contribution in [2.75, 3.05) is 6.61 Å². The largest absolute Gasteiger partial charge is 0.414 e. The SMILES string of the molecule is C[C@@H]1CC=C[C@@H]2C[C@@]3(CO[Si](C)(C)C(C)(C)C)C[C@@H](O)C[C@@]12O3. The second-order valence-corrected chi connectivity index (χ2v) is 14.5. The normalized spacial score (nSPS) is 43.5. The van der Waals surface area contributed by atoms with Gasteiger partial charge in [-0.25, -0.2) is 0 Å². The second kappa shape index (κ2) is 5.42. The molecule has 3 rings (SSSR count). The number of allylic oxidation sites excluding steroid dienone is 1. The first-order valence-electron chi connectivity index (χ1n) is 9.19. The molecule has 1 spiro atoms. The lowest BCUT2D eigenvalue weighted by Crippen LogP contribution is -2.54. The standard InChI is InChI=1S/C19H34O3Si/c1-14-8-7-9-15-10-18(11-16(20)12-19(14,15)22-18)13-21-23(5,6)17(2,3)4/h7,9,14-16,20H,8,10-13H2,1-6H3/t14-,15-,16-,18+,19-/m1/s1. The van der Waals surface area contributed by atoms with Crippen LogP contribution in [0.4, 0.5) is 0 Å². The Morgan fingerprint density at radius 2 is 1.96 bits per heavy atom. The third-order valence-electron chi connectivity index (χ3n) is 6.98. The minimum atomic E-state index is -1.80. The van der Waals surface area contributed by atoms with Gasteiger partial charge in [-0.1, -0.05) is 39.8 Å². The summed E-state index contributed by atoms with van der Waals surface area (Å²) in [5, 5.41) is 10.7. The van der Waals surface area contributed by atoms with Crippen molar-refractivity contribution >= 4 is 8.32 Å². The van der Waals surface area contributed by atoms with Gasteiger partial charge in [-0.15, -0.1) is 0 Å². The monoisotopic (exact) mass is 338 g/mol. The van der Waals surface area contributed by atoms with Gasteiger partial charge in [0.05, 0.1) is 23.9 Å². The number of fused-ring (bicyclic) bond motifs is 1. The molecule has 2 saturated heterocycles. The molecule has 4 heteroatoms. The molecule has 0 radical (unpaired) electrons. The van der Waals surface area contributed by atoms with Gasteiger partial charge in [0.1, 0.15) is 0 Å². The van der Waals surface area contributed by atoms with E-state index in [9.17, 15) is 5.11 Å². The Labute approximate surface area is 142 Å². The first kappa shape index (κ1) is 17.7. The van der Waals surface area contributed by atoms with E-state index in [1.54, 1.807) is 0 Å². The summed E-state index contributed by atoms with van der Waals surface area (Å²) in [5.41, 5.74) is -0.454. The molecule has 2 heterocycles. The van der Waals surface area contributed by atoms with Crippen LogP contribution in [0.25, 0.3) is 0 Å². The highest BCUT2D eigenvalue weighted by Crippen LogP contribution is 2.58. The molecule has 2 fully saturated rings. The third kappa shape index (κ3) is 2.86. The maximum atomic E-state index is 10.5. The van der Waals surface area contributed by atoms with Gasteiger partial charge in [0, 0.05) is 18.8 Å². The zero-order valence-corrected chi connectivity index (χ0v) is 16.7. The summed E-state index contributed by atoms with van der Waals surface area (Å²) in [6, 6.07) is 0. The number of aliphatic hydroxyl groups is 1. The summed E-state index contributed by atoms with van der Waals surface area (Å²) in [6.45, 7) is 14.3. The smallest absolute Gasteiger partial charge is 0.192 e. The van der Waals surface area contributed by atoms with Gasteiger partial charge in [0.25, 0.3) is 0 Å². The Hall–Kier alpha value is -0.163. The Kier molecular flexibility index (Phi) is 4.16. The van der Waals surface area contributed by atoms with E-state index in [1.165, 1.54) is 0 Å². The second-order valence-electron chi connectivity index (χ2n) is 9.73. The highest BCUT2D eigenvalue weighted by Gasteiger charge is 2.62. The van der Waals surface area contributed by atoms with Gasteiger partial charge in [0.2, 0.25) is 0 Å². The fourth-order valence-electron chi connectivity index (χ4n) is 4.50. The van der Waals surface area contributed by atoms with Gasteiger partial charge in [-0.05, 0) is 36.9 Å². The average molecular weight is 339 g/mol. The highest BCUT2D eigenvalue weighted by molar-refractivity contribution is 6.74. The van der Waals surface area contributed by atoms with Crippen LogP contribution in [-0.2, 0) is 9.16 Å². The Morgan fingerprint density at radius 1 is 1.26 bits per heavy atom. The molecule has 0 saturated carbocycles. The van der Waals surface area contributed by atoms with Crippen LogP contribution in [0.5, 0.6) is 0 Å². The van der Waals surface area contributed by atoms with Gasteiger partial charge in [-0.3, -0.25) is 0 Å². The molecule has 0 aromatic carbocycles. The van der Waals surface area contributed by atoms with Crippen molar-refractivity contribution in [3.05, 3.63) is 12.2 Å². The minimum absolute atomic E-state index is 0.163. The fraction of sp³-hybridized carbons (Fsp3) is 0.895. The van der Waals surface area contributed by atoms with Crippen LogP contribution < -0.4 is 0 Å². The predicted molar refractivity (Wildman–Crippen MR) is 96.0 cm³/mol. The van der Waals surface area contributed by atoms with E-state index in [1.807, 2.05) is 0 Å². The average Bonchev–Trinajstić information content (AvgIpc) is 2.65. The first-order chi connectivity index (χ1) is 10.5. The highest BCUT2D eigenvalue weighted by atomic mass is 28.4. The zero-order chi connectivity index (χ0) is 17.1. The van der Waals surface area contributed by atoms with Crippen molar-refractivity contribution in [2.45, 2.75) is 88.8 Å². The molecular formula is C19H34O3Si. The molecule has 0 amide bonds. The van der Waals surface area contributed by atoms with Crippen LogP contribution in [0.15, 0.2) is 12.2 Å². The zero-order valence-electron chi connectivity index (χ0n) is 15.7. The van der Waals surface area contributed by atoms with Crippen molar-refractivity contribution < 1.29 is 14.3 Å². The molecule has 5 atom stereocenters. The summed E-state index contributed by atoms with van der Waals surface area (Å²) < 4.78 is 13.3. The summed E-state index contributed by atoms with van der Waals surface area (Å²) in [5.74, 6) is 0.911. The lowest BCUT2D eigenvalue weighted by molar-refractivity contribution is -0.207. The molecule has 23 heavy (non-hydrogen) atoms. The quantitative estimate of drug-likeness (QED) is 0.617. The lowest BCUT2D eigenvalue weighted by atomic mass is 9.70. The Bertz CT molecular complexity index is 495. The minimum Gasteiger partial charge on any atom is -0.414 e. The summed E-state index contributed by atoms with van der Waals surface area (Å²) in [4.78, 5) is 0. The van der Waals surface area contributed by atoms with E-state index < -0.39 is 8.32 Å². The number of ether oxygens (including phenoxy) is 1. The van der Waals surface area contributed by atoms with Crippen LogP contribution >= 0.6 is 0 Å². The molecule has 132 valence electrons. The number of rotatable bonds is 3. The lowest BCUT2D eigenvalue weighted by Gasteiger charge is -2.48. The summed E-state index contributed by atoms with van der Waals surface area (Å²) in [7, 11) is -1.80. The van der Waals surface area contributed by atoms with Crippen molar-refractivity contribution in [3.8, 4) is 0 Å². The number of hydrogen-bond acceptors (Lipinski definition) is 3. The van der Waals surface area contributed by atoms with Crippen molar-refractivity contribution in [2.24, 2.45) is 11.8 Å². The van der Waals surface area contributed by atoms with Gasteiger partial charge in [-0.2, -0.15) is 0 Å². The molecule has 0 unspecified atom stereocenters. The van der Waals surface area contributed by atoms with Crippen LogP contribution in [0, 0.1) is 11.8 Å². The van der Waals surface area contributed by atoms with E-state index in [0.29, 0.717) is 18.4 Å². The molecule has 2 aliphatic heterocycles. The van der Waals surface area contributed by atoms with Crippen LogP contribution in [0.3, 0.4) is 0 Å². The van der Waals surface area contributed by atoms with Crippen molar-refractivity contribution in [1.82, 2.24) is 0 Å². The van der Waals surface area contributed by atoms with E-state index in [0.717, 1.165) is 25.7 Å². The maximum Gasteiger partial charge on any atom is 0.192 e. The molecule has 0 aromatic rings. The van der Waals surface area contributed by atoms with Gasteiger partial charge >= 0.3 is 0 Å². The summed E-state index contributed by atoms with van der Waals surface area (Å²) >= 11 is 0. The Balaban J connectivity index is 1.81. The topological polar surface area (TPSA) is 38.7 Å². The third-order valence-corrected chi connectivity index (χ3v) is 11.5. The molecule has 1 N–H and O–H groups in total. The van der Waals surface area contributed by atoms with Crippen molar-refractivity contribution in [1.29, 1.82) is 0 Å². The Morgan fingerprint density at radius 3 is 2.61 bits per heavy atom. The molecular weight excluding hydrogens is 304 g/mol. The van der Waals surface area contributed by atoms with Crippen LogP contribution in [0.2, 0.25) is 18.1 Å². The maximum absolute atomic E-state index is 10.5. The molecule has 0 aromatic heterocycles. The van der Waals surface area contributed by atoms with Gasteiger partial charge in [0.15, 0.2) is 8.32 Å². The molecule has 1 aliphatic carbocycles. The molecule has 2 bridgehead atoms.